The SMILES string of the molecule is CCCC(NC(=O)Cc1ccc2c(c1)OCO2)c1cc(C)cc(N)n1.Cl. The summed E-state index contributed by atoms with van der Waals surface area (Å²) in [5.41, 5.74) is 8.57. The summed E-state index contributed by atoms with van der Waals surface area (Å²) < 4.78 is 10.7. The van der Waals surface area contributed by atoms with Crippen molar-refractivity contribution in [2.45, 2.75) is 39.2 Å². The zero-order valence-electron chi connectivity index (χ0n) is 15.0. The molecule has 2 heterocycles. The van der Waals surface area contributed by atoms with Crippen LogP contribution < -0.4 is 20.5 Å². The molecule has 6 nitrogen and oxygen atoms in total. The Balaban J connectivity index is 0.00000243. The molecular formula is C19H24ClN3O3. The molecular weight excluding hydrogens is 354 g/mol. The Morgan fingerprint density at radius 2 is 2.04 bits per heavy atom. The molecule has 0 bridgehead atoms. The van der Waals surface area contributed by atoms with Crippen LogP contribution in [0.2, 0.25) is 0 Å². The molecule has 0 spiro atoms. The fourth-order valence-corrected chi connectivity index (χ4v) is 2.96. The number of anilines is 1. The first-order chi connectivity index (χ1) is 12.0. The highest BCUT2D eigenvalue weighted by molar-refractivity contribution is 5.85. The highest BCUT2D eigenvalue weighted by Gasteiger charge is 2.18. The molecule has 0 radical (unpaired) electrons. The number of nitrogens with one attached hydrogen (secondary N) is 1. The molecule has 2 aromatic rings. The third-order valence-corrected chi connectivity index (χ3v) is 4.08. The minimum atomic E-state index is -0.145. The predicted molar refractivity (Wildman–Crippen MR) is 103 cm³/mol. The summed E-state index contributed by atoms with van der Waals surface area (Å²) >= 11 is 0. The van der Waals surface area contributed by atoms with E-state index in [-0.39, 0.29) is 37.6 Å². The average Bonchev–Trinajstić information content (AvgIpc) is 3.01. The molecule has 3 rings (SSSR count). The number of nitrogens with two attached hydrogens (primary N) is 1. The average molecular weight is 378 g/mol. The van der Waals surface area contributed by atoms with E-state index in [1.165, 1.54) is 0 Å². The molecule has 7 heteroatoms. The standard InChI is InChI=1S/C19H23N3O3.ClH/c1-3-4-14(15-7-12(2)8-18(20)21-15)22-19(23)10-13-5-6-16-17(9-13)25-11-24-16;/h5-9,14H,3-4,10-11H2,1-2H3,(H2,20,21)(H,22,23);1H. The predicted octanol–water partition coefficient (Wildman–Crippen LogP) is 3.32. The number of amides is 1. The van der Waals surface area contributed by atoms with Crippen molar-refractivity contribution in [3.05, 3.63) is 47.2 Å². The van der Waals surface area contributed by atoms with E-state index < -0.39 is 0 Å². The van der Waals surface area contributed by atoms with Gasteiger partial charge in [0.1, 0.15) is 5.82 Å². The summed E-state index contributed by atoms with van der Waals surface area (Å²) in [6, 6.07) is 9.20. The van der Waals surface area contributed by atoms with Gasteiger partial charge >= 0.3 is 0 Å². The summed E-state index contributed by atoms with van der Waals surface area (Å²) in [5, 5.41) is 3.08. The number of nitrogen functional groups attached to an aromatic ring is 1. The molecule has 0 fully saturated rings. The van der Waals surface area contributed by atoms with Gasteiger partial charge in [-0.2, -0.15) is 0 Å². The minimum Gasteiger partial charge on any atom is -0.454 e. The monoisotopic (exact) mass is 377 g/mol. The van der Waals surface area contributed by atoms with Crippen molar-refractivity contribution < 1.29 is 14.3 Å². The molecule has 1 aliphatic rings. The lowest BCUT2D eigenvalue weighted by Gasteiger charge is -2.19. The van der Waals surface area contributed by atoms with Gasteiger partial charge in [0, 0.05) is 0 Å². The number of pyridine rings is 1. The van der Waals surface area contributed by atoms with Crippen LogP contribution >= 0.6 is 12.4 Å². The smallest absolute Gasteiger partial charge is 0.231 e. The quantitative estimate of drug-likeness (QED) is 0.806. The number of fused-ring (bicyclic) bond motifs is 1. The Hall–Kier alpha value is -2.47. The summed E-state index contributed by atoms with van der Waals surface area (Å²) in [7, 11) is 0. The van der Waals surface area contributed by atoms with Gasteiger partial charge in [0.25, 0.3) is 0 Å². The molecule has 0 saturated carbocycles. The Labute approximate surface area is 159 Å². The Morgan fingerprint density at radius 1 is 1.27 bits per heavy atom. The van der Waals surface area contributed by atoms with Gasteiger partial charge in [-0.3, -0.25) is 4.79 Å². The number of carbonyl (C=O) groups is 1. The molecule has 140 valence electrons. The second kappa shape index (κ2) is 8.76. The van der Waals surface area contributed by atoms with Gasteiger partial charge in [0.05, 0.1) is 18.2 Å². The highest BCUT2D eigenvalue weighted by atomic mass is 35.5. The molecule has 3 N–H and O–H groups in total. The molecule has 0 aliphatic carbocycles. The lowest BCUT2D eigenvalue weighted by molar-refractivity contribution is -0.121. The maximum absolute atomic E-state index is 12.5. The van der Waals surface area contributed by atoms with Crippen molar-refractivity contribution in [3.63, 3.8) is 0 Å². The number of aromatic nitrogens is 1. The van der Waals surface area contributed by atoms with Crippen molar-refractivity contribution >= 4 is 24.1 Å². The number of ether oxygens (including phenoxy) is 2. The van der Waals surface area contributed by atoms with Crippen LogP contribution in [-0.2, 0) is 11.2 Å². The normalized spacial score (nSPS) is 13.0. The summed E-state index contributed by atoms with van der Waals surface area (Å²) in [5.74, 6) is 1.82. The molecule has 1 aromatic heterocycles. The molecule has 1 aromatic carbocycles. The van der Waals surface area contributed by atoms with Crippen molar-refractivity contribution in [1.82, 2.24) is 10.3 Å². The molecule has 26 heavy (non-hydrogen) atoms. The molecule has 1 aliphatic heterocycles. The molecule has 1 amide bonds. The molecule has 0 saturated heterocycles. The lowest BCUT2D eigenvalue weighted by Crippen LogP contribution is -2.30. The van der Waals surface area contributed by atoms with E-state index in [0.717, 1.165) is 29.7 Å². The van der Waals surface area contributed by atoms with Gasteiger partial charge < -0.3 is 20.5 Å². The number of hydrogen-bond donors (Lipinski definition) is 2. The number of carbonyl (C=O) groups excluding carboxylic acids is 1. The summed E-state index contributed by atoms with van der Waals surface area (Å²) in [6.07, 6.45) is 2.02. The zero-order valence-corrected chi connectivity index (χ0v) is 15.8. The number of rotatable bonds is 6. The largest absolute Gasteiger partial charge is 0.454 e. The van der Waals surface area contributed by atoms with Crippen LogP contribution in [0.25, 0.3) is 0 Å². The van der Waals surface area contributed by atoms with Crippen LogP contribution in [-0.4, -0.2) is 17.7 Å². The van der Waals surface area contributed by atoms with Crippen LogP contribution in [0.3, 0.4) is 0 Å². The molecule has 1 unspecified atom stereocenters. The van der Waals surface area contributed by atoms with E-state index in [0.29, 0.717) is 17.3 Å². The number of hydrogen-bond acceptors (Lipinski definition) is 5. The number of nitrogens with zero attached hydrogens (tertiary/aromatic N) is 1. The lowest BCUT2D eigenvalue weighted by atomic mass is 10.0. The number of halogens is 1. The van der Waals surface area contributed by atoms with Gasteiger partial charge in [0.2, 0.25) is 12.7 Å². The van der Waals surface area contributed by atoms with Crippen LogP contribution in [0, 0.1) is 6.92 Å². The fourth-order valence-electron chi connectivity index (χ4n) is 2.96. The summed E-state index contributed by atoms with van der Waals surface area (Å²) in [6.45, 7) is 4.28. The minimum absolute atomic E-state index is 0. The van der Waals surface area contributed by atoms with Crippen molar-refractivity contribution in [3.8, 4) is 11.5 Å². The van der Waals surface area contributed by atoms with E-state index >= 15 is 0 Å². The Kier molecular flexibility index (Phi) is 6.69. The van der Waals surface area contributed by atoms with Crippen LogP contribution in [0.5, 0.6) is 11.5 Å². The van der Waals surface area contributed by atoms with Crippen molar-refractivity contribution in [2.24, 2.45) is 0 Å². The van der Waals surface area contributed by atoms with Gasteiger partial charge in [-0.15, -0.1) is 12.4 Å². The van der Waals surface area contributed by atoms with E-state index in [2.05, 4.69) is 17.2 Å². The molecule has 1 atom stereocenters. The second-order valence-corrected chi connectivity index (χ2v) is 6.27. The van der Waals surface area contributed by atoms with Crippen molar-refractivity contribution in [1.29, 1.82) is 0 Å². The third-order valence-electron chi connectivity index (χ3n) is 4.08. The van der Waals surface area contributed by atoms with Gasteiger partial charge in [-0.25, -0.2) is 4.98 Å². The van der Waals surface area contributed by atoms with E-state index in [9.17, 15) is 4.79 Å². The van der Waals surface area contributed by atoms with E-state index in [1.807, 2.05) is 37.3 Å². The number of aryl methyl sites for hydroxylation is 1. The van der Waals surface area contributed by atoms with Gasteiger partial charge in [0.15, 0.2) is 11.5 Å². The van der Waals surface area contributed by atoms with Crippen molar-refractivity contribution in [2.75, 3.05) is 12.5 Å². The first-order valence-electron chi connectivity index (χ1n) is 8.47. The summed E-state index contributed by atoms with van der Waals surface area (Å²) in [4.78, 5) is 16.9. The highest BCUT2D eigenvalue weighted by Crippen LogP contribution is 2.32. The van der Waals surface area contributed by atoms with E-state index in [1.54, 1.807) is 0 Å². The third kappa shape index (κ3) is 4.79. The maximum Gasteiger partial charge on any atom is 0.231 e. The number of benzene rings is 1. The first kappa shape index (κ1) is 19.8. The first-order valence-corrected chi connectivity index (χ1v) is 8.47. The second-order valence-electron chi connectivity index (χ2n) is 6.27. The Morgan fingerprint density at radius 3 is 2.77 bits per heavy atom. The maximum atomic E-state index is 12.5. The fraction of sp³-hybridized carbons (Fsp3) is 0.368. The van der Waals surface area contributed by atoms with Gasteiger partial charge in [-0.05, 0) is 48.7 Å². The van der Waals surface area contributed by atoms with Crippen LogP contribution in [0.15, 0.2) is 30.3 Å². The van der Waals surface area contributed by atoms with Crippen LogP contribution in [0.1, 0.15) is 42.6 Å². The van der Waals surface area contributed by atoms with Gasteiger partial charge in [-0.1, -0.05) is 19.4 Å². The Bertz CT molecular complexity index is 762. The van der Waals surface area contributed by atoms with Crippen LogP contribution in [0.4, 0.5) is 5.82 Å². The topological polar surface area (TPSA) is 86.5 Å². The zero-order chi connectivity index (χ0) is 17.8. The van der Waals surface area contributed by atoms with E-state index in [4.69, 9.17) is 15.2 Å².